The van der Waals surface area contributed by atoms with E-state index in [9.17, 15) is 8.42 Å². The molecule has 0 aliphatic carbocycles. The molecule has 1 rings (SSSR count). The highest BCUT2D eigenvalue weighted by Gasteiger charge is 2.10. The van der Waals surface area contributed by atoms with Gasteiger partial charge >= 0.3 is 0 Å². The van der Waals surface area contributed by atoms with Gasteiger partial charge in [-0.25, -0.2) is 8.42 Å². The lowest BCUT2D eigenvalue weighted by molar-refractivity contribution is 0.419. The van der Waals surface area contributed by atoms with E-state index in [0.29, 0.717) is 13.1 Å². The molecule has 1 aromatic heterocycles. The van der Waals surface area contributed by atoms with Crippen LogP contribution in [0.25, 0.3) is 0 Å². The molecule has 0 saturated carbocycles. The number of nitrogens with zero attached hydrogens (tertiary/aromatic N) is 2. The molecule has 0 spiro atoms. The lowest BCUT2D eigenvalue weighted by Gasteiger charge is -2.19. The zero-order valence-corrected chi connectivity index (χ0v) is 11.7. The Morgan fingerprint density at radius 1 is 1.41 bits per heavy atom. The molecule has 98 valence electrons. The summed E-state index contributed by atoms with van der Waals surface area (Å²) in [5.74, 6) is 0.126. The summed E-state index contributed by atoms with van der Waals surface area (Å²) in [5.41, 5.74) is 0.977. The highest BCUT2D eigenvalue weighted by atomic mass is 32.2. The second-order valence-corrected chi connectivity index (χ2v) is 7.56. The molecule has 0 fully saturated rings. The standard InChI is InChI=1S/C11H21N3O2S/c1-11(2,3)12-9-10-5-6-14(13-10)7-8-17(4,15)16/h5-6,12H,7-9H2,1-4H3. The van der Waals surface area contributed by atoms with E-state index in [0.717, 1.165) is 5.69 Å². The van der Waals surface area contributed by atoms with Gasteiger partial charge in [0.1, 0.15) is 9.84 Å². The molecule has 0 aliphatic rings. The molecular weight excluding hydrogens is 238 g/mol. The summed E-state index contributed by atoms with van der Waals surface area (Å²) in [6.07, 6.45) is 3.05. The highest BCUT2D eigenvalue weighted by molar-refractivity contribution is 7.90. The van der Waals surface area contributed by atoms with Crippen molar-refractivity contribution in [1.82, 2.24) is 15.1 Å². The van der Waals surface area contributed by atoms with Gasteiger partial charge in [0, 0.05) is 24.5 Å². The van der Waals surface area contributed by atoms with E-state index in [1.807, 2.05) is 12.3 Å². The van der Waals surface area contributed by atoms with Gasteiger partial charge in [0.05, 0.1) is 18.0 Å². The van der Waals surface area contributed by atoms with E-state index in [4.69, 9.17) is 0 Å². The molecule has 0 aliphatic heterocycles. The van der Waals surface area contributed by atoms with Crippen LogP contribution in [-0.2, 0) is 22.9 Å². The number of sulfone groups is 1. The number of hydrogen-bond acceptors (Lipinski definition) is 4. The summed E-state index contributed by atoms with van der Waals surface area (Å²) in [5, 5.41) is 7.64. The smallest absolute Gasteiger partial charge is 0.149 e. The molecule has 6 heteroatoms. The molecular formula is C11H21N3O2S. The van der Waals surface area contributed by atoms with Crippen LogP contribution in [-0.4, -0.2) is 35.7 Å². The first-order valence-electron chi connectivity index (χ1n) is 5.61. The second kappa shape index (κ2) is 5.18. The predicted octanol–water partition coefficient (Wildman–Crippen LogP) is 0.816. The SMILES string of the molecule is CC(C)(C)NCc1ccn(CCS(C)(=O)=O)n1. The maximum Gasteiger partial charge on any atom is 0.149 e. The van der Waals surface area contributed by atoms with Gasteiger partial charge in [-0.2, -0.15) is 5.10 Å². The molecule has 1 N–H and O–H groups in total. The Kier molecular flexibility index (Phi) is 4.32. The van der Waals surface area contributed by atoms with Gasteiger partial charge in [0.15, 0.2) is 0 Å². The predicted molar refractivity (Wildman–Crippen MR) is 68.5 cm³/mol. The van der Waals surface area contributed by atoms with Crippen molar-refractivity contribution in [1.29, 1.82) is 0 Å². The van der Waals surface area contributed by atoms with Crippen molar-refractivity contribution in [2.75, 3.05) is 12.0 Å². The van der Waals surface area contributed by atoms with E-state index in [2.05, 4.69) is 31.2 Å². The fraction of sp³-hybridized carbons (Fsp3) is 0.727. The number of rotatable bonds is 5. The Morgan fingerprint density at radius 3 is 2.59 bits per heavy atom. The van der Waals surface area contributed by atoms with E-state index < -0.39 is 9.84 Å². The van der Waals surface area contributed by atoms with E-state index in [1.54, 1.807) is 4.68 Å². The number of aromatic nitrogens is 2. The third kappa shape index (κ3) is 6.43. The van der Waals surface area contributed by atoms with Crippen LogP contribution in [0.4, 0.5) is 0 Å². The van der Waals surface area contributed by atoms with Crippen molar-refractivity contribution in [3.05, 3.63) is 18.0 Å². The third-order valence-corrected chi connectivity index (χ3v) is 3.11. The minimum Gasteiger partial charge on any atom is -0.306 e. The van der Waals surface area contributed by atoms with Crippen molar-refractivity contribution >= 4 is 9.84 Å². The second-order valence-electron chi connectivity index (χ2n) is 5.30. The zero-order valence-electron chi connectivity index (χ0n) is 10.9. The maximum atomic E-state index is 11.0. The van der Waals surface area contributed by atoms with Crippen LogP contribution < -0.4 is 5.32 Å². The Bertz CT molecular complexity index is 457. The molecule has 17 heavy (non-hydrogen) atoms. The van der Waals surface area contributed by atoms with Crippen LogP contribution in [0.2, 0.25) is 0 Å². The van der Waals surface area contributed by atoms with Crippen molar-refractivity contribution in [3.8, 4) is 0 Å². The monoisotopic (exact) mass is 259 g/mol. The number of aryl methyl sites for hydroxylation is 1. The van der Waals surface area contributed by atoms with Crippen LogP contribution in [0.15, 0.2) is 12.3 Å². The van der Waals surface area contributed by atoms with Gasteiger partial charge in [0.25, 0.3) is 0 Å². The molecule has 1 heterocycles. The Labute approximate surface area is 103 Å². The highest BCUT2D eigenvalue weighted by Crippen LogP contribution is 2.02. The first kappa shape index (κ1) is 14.2. The maximum absolute atomic E-state index is 11.0. The lowest BCUT2D eigenvalue weighted by Crippen LogP contribution is -2.35. The molecule has 0 unspecified atom stereocenters. The van der Waals surface area contributed by atoms with Crippen molar-refractivity contribution in [2.24, 2.45) is 0 Å². The van der Waals surface area contributed by atoms with Gasteiger partial charge < -0.3 is 5.32 Å². The zero-order chi connectivity index (χ0) is 13.1. The summed E-state index contributed by atoms with van der Waals surface area (Å²) in [6.45, 7) is 7.37. The van der Waals surface area contributed by atoms with Crippen LogP contribution in [0.3, 0.4) is 0 Å². The molecule has 0 aromatic carbocycles. The first-order chi connectivity index (χ1) is 7.66. The molecule has 0 radical (unpaired) electrons. The molecule has 0 atom stereocenters. The lowest BCUT2D eigenvalue weighted by atomic mass is 10.1. The van der Waals surface area contributed by atoms with E-state index >= 15 is 0 Å². The van der Waals surface area contributed by atoms with Crippen LogP contribution in [0.1, 0.15) is 26.5 Å². The van der Waals surface area contributed by atoms with Gasteiger partial charge in [0.2, 0.25) is 0 Å². The van der Waals surface area contributed by atoms with Crippen molar-refractivity contribution < 1.29 is 8.42 Å². The van der Waals surface area contributed by atoms with E-state index in [-0.39, 0.29) is 11.3 Å². The largest absolute Gasteiger partial charge is 0.306 e. The Balaban J connectivity index is 2.48. The summed E-state index contributed by atoms with van der Waals surface area (Å²) < 4.78 is 23.7. The normalized spacial score (nSPS) is 12.9. The summed E-state index contributed by atoms with van der Waals surface area (Å²) in [6, 6.07) is 1.90. The fourth-order valence-electron chi connectivity index (χ4n) is 1.24. The average Bonchev–Trinajstić information content (AvgIpc) is 2.57. The first-order valence-corrected chi connectivity index (χ1v) is 7.67. The number of hydrogen-bond donors (Lipinski definition) is 1. The minimum atomic E-state index is -2.93. The average molecular weight is 259 g/mol. The number of nitrogens with one attached hydrogen (secondary N) is 1. The Morgan fingerprint density at radius 2 is 2.06 bits per heavy atom. The van der Waals surface area contributed by atoms with Gasteiger partial charge in [-0.3, -0.25) is 4.68 Å². The fourth-order valence-corrected chi connectivity index (χ4v) is 1.76. The van der Waals surface area contributed by atoms with Crippen molar-refractivity contribution in [2.45, 2.75) is 39.4 Å². The van der Waals surface area contributed by atoms with E-state index in [1.165, 1.54) is 6.26 Å². The van der Waals surface area contributed by atoms with Crippen LogP contribution in [0, 0.1) is 0 Å². The van der Waals surface area contributed by atoms with Crippen LogP contribution in [0.5, 0.6) is 0 Å². The third-order valence-electron chi connectivity index (χ3n) is 2.19. The van der Waals surface area contributed by atoms with Gasteiger partial charge in [-0.15, -0.1) is 0 Å². The topological polar surface area (TPSA) is 64.0 Å². The molecule has 5 nitrogen and oxygen atoms in total. The van der Waals surface area contributed by atoms with Crippen molar-refractivity contribution in [3.63, 3.8) is 0 Å². The summed E-state index contributed by atoms with van der Waals surface area (Å²) in [4.78, 5) is 0. The Hall–Kier alpha value is -0.880. The van der Waals surface area contributed by atoms with Gasteiger partial charge in [-0.1, -0.05) is 0 Å². The summed E-state index contributed by atoms with van der Waals surface area (Å²) in [7, 11) is -2.93. The molecule has 0 amide bonds. The minimum absolute atomic E-state index is 0.0521. The van der Waals surface area contributed by atoms with Gasteiger partial charge in [-0.05, 0) is 26.8 Å². The molecule has 0 saturated heterocycles. The molecule has 1 aromatic rings. The van der Waals surface area contributed by atoms with Crippen LogP contribution >= 0.6 is 0 Å². The molecule has 0 bridgehead atoms. The summed E-state index contributed by atoms with van der Waals surface area (Å²) >= 11 is 0. The quantitative estimate of drug-likeness (QED) is 0.850.